The van der Waals surface area contributed by atoms with Gasteiger partial charge in [0, 0.05) is 21.5 Å². The van der Waals surface area contributed by atoms with E-state index in [-0.39, 0.29) is 0 Å². The highest BCUT2D eigenvalue weighted by atomic mass is 32.1. The van der Waals surface area contributed by atoms with Crippen LogP contribution in [0.25, 0.3) is 10.9 Å². The summed E-state index contributed by atoms with van der Waals surface area (Å²) in [7, 11) is 0. The lowest BCUT2D eigenvalue weighted by Crippen LogP contribution is -1.82. The zero-order valence-corrected chi connectivity index (χ0v) is 8.57. The molecule has 0 saturated heterocycles. The SMILES string of the molecule is CCCc1[nH]c2ccccc2c1S. The second kappa shape index (κ2) is 3.46. The van der Waals surface area contributed by atoms with Crippen LogP contribution in [0.2, 0.25) is 0 Å². The summed E-state index contributed by atoms with van der Waals surface area (Å²) >= 11 is 4.52. The summed E-state index contributed by atoms with van der Waals surface area (Å²) in [4.78, 5) is 4.50. The quantitative estimate of drug-likeness (QED) is 0.677. The minimum Gasteiger partial charge on any atom is -0.357 e. The predicted octanol–water partition coefficient (Wildman–Crippen LogP) is 3.41. The maximum atomic E-state index is 4.52. The molecule has 0 amide bonds. The van der Waals surface area contributed by atoms with Crippen LogP contribution in [0.5, 0.6) is 0 Å². The predicted molar refractivity (Wildman–Crippen MR) is 59.5 cm³/mol. The van der Waals surface area contributed by atoms with Gasteiger partial charge < -0.3 is 4.98 Å². The second-order valence-electron chi connectivity index (χ2n) is 3.25. The summed E-state index contributed by atoms with van der Waals surface area (Å²) in [5.74, 6) is 0. The molecular weight excluding hydrogens is 178 g/mol. The lowest BCUT2D eigenvalue weighted by atomic mass is 10.2. The van der Waals surface area contributed by atoms with E-state index in [0.717, 1.165) is 17.7 Å². The Balaban J connectivity index is 2.60. The third-order valence-electron chi connectivity index (χ3n) is 2.25. The third-order valence-corrected chi connectivity index (χ3v) is 2.76. The van der Waals surface area contributed by atoms with E-state index in [1.807, 2.05) is 12.1 Å². The van der Waals surface area contributed by atoms with Gasteiger partial charge in [0.05, 0.1) is 0 Å². The Morgan fingerprint density at radius 1 is 1.31 bits per heavy atom. The van der Waals surface area contributed by atoms with Gasteiger partial charge in [-0.15, -0.1) is 12.6 Å². The molecule has 0 saturated carbocycles. The van der Waals surface area contributed by atoms with E-state index in [4.69, 9.17) is 0 Å². The van der Waals surface area contributed by atoms with Crippen molar-refractivity contribution in [2.75, 3.05) is 0 Å². The van der Waals surface area contributed by atoms with Crippen molar-refractivity contribution in [1.29, 1.82) is 0 Å². The van der Waals surface area contributed by atoms with E-state index >= 15 is 0 Å². The first-order valence-corrected chi connectivity index (χ1v) is 5.06. The van der Waals surface area contributed by atoms with E-state index in [1.165, 1.54) is 16.6 Å². The van der Waals surface area contributed by atoms with Gasteiger partial charge in [-0.3, -0.25) is 0 Å². The lowest BCUT2D eigenvalue weighted by Gasteiger charge is -1.93. The van der Waals surface area contributed by atoms with Crippen molar-refractivity contribution in [3.05, 3.63) is 30.0 Å². The Hall–Kier alpha value is -0.890. The number of hydrogen-bond donors (Lipinski definition) is 2. The second-order valence-corrected chi connectivity index (χ2v) is 3.69. The van der Waals surface area contributed by atoms with Crippen LogP contribution >= 0.6 is 12.6 Å². The summed E-state index contributed by atoms with van der Waals surface area (Å²) in [5.41, 5.74) is 2.45. The van der Waals surface area contributed by atoms with Crippen molar-refractivity contribution < 1.29 is 0 Å². The minimum atomic E-state index is 1.08. The largest absolute Gasteiger partial charge is 0.357 e. The fraction of sp³-hybridized carbons (Fsp3) is 0.273. The Morgan fingerprint density at radius 2 is 2.08 bits per heavy atom. The van der Waals surface area contributed by atoms with E-state index in [1.54, 1.807) is 0 Å². The zero-order chi connectivity index (χ0) is 9.26. The fourth-order valence-electron chi connectivity index (χ4n) is 1.61. The van der Waals surface area contributed by atoms with Crippen LogP contribution in [0.4, 0.5) is 0 Å². The van der Waals surface area contributed by atoms with Crippen LogP contribution in [0.15, 0.2) is 29.2 Å². The number of aromatic nitrogens is 1. The Bertz CT molecular complexity index is 417. The van der Waals surface area contributed by atoms with Crippen LogP contribution in [-0.4, -0.2) is 4.98 Å². The van der Waals surface area contributed by atoms with Crippen molar-refractivity contribution in [2.24, 2.45) is 0 Å². The van der Waals surface area contributed by atoms with Gasteiger partial charge in [-0.2, -0.15) is 0 Å². The molecule has 2 rings (SSSR count). The van der Waals surface area contributed by atoms with Gasteiger partial charge in [-0.25, -0.2) is 0 Å². The molecule has 0 unspecified atom stereocenters. The highest BCUT2D eigenvalue weighted by molar-refractivity contribution is 7.80. The van der Waals surface area contributed by atoms with Crippen molar-refractivity contribution in [3.8, 4) is 0 Å². The van der Waals surface area contributed by atoms with Crippen molar-refractivity contribution in [1.82, 2.24) is 4.98 Å². The summed E-state index contributed by atoms with van der Waals surface area (Å²) in [6, 6.07) is 8.29. The summed E-state index contributed by atoms with van der Waals surface area (Å²) < 4.78 is 0. The molecule has 0 aliphatic heterocycles. The molecular formula is C11H13NS. The smallest absolute Gasteiger partial charge is 0.0467 e. The van der Waals surface area contributed by atoms with E-state index in [2.05, 4.69) is 36.7 Å². The number of thiol groups is 1. The first-order chi connectivity index (χ1) is 6.33. The monoisotopic (exact) mass is 191 g/mol. The normalized spacial score (nSPS) is 10.9. The van der Waals surface area contributed by atoms with Crippen LogP contribution in [-0.2, 0) is 6.42 Å². The molecule has 1 heterocycles. The van der Waals surface area contributed by atoms with Gasteiger partial charge in [0.15, 0.2) is 0 Å². The number of nitrogens with one attached hydrogen (secondary N) is 1. The van der Waals surface area contributed by atoms with Gasteiger partial charge in [0.1, 0.15) is 0 Å². The van der Waals surface area contributed by atoms with Crippen molar-refractivity contribution in [2.45, 2.75) is 24.7 Å². The first-order valence-electron chi connectivity index (χ1n) is 4.61. The standard InChI is InChI=1S/C11H13NS/c1-2-5-10-11(13)8-6-3-4-7-9(8)12-10/h3-4,6-7,12-13H,2,5H2,1H3. The van der Waals surface area contributed by atoms with Crippen LogP contribution in [0, 0.1) is 0 Å². The molecule has 0 aliphatic carbocycles. The molecule has 0 radical (unpaired) electrons. The van der Waals surface area contributed by atoms with E-state index < -0.39 is 0 Å². The zero-order valence-electron chi connectivity index (χ0n) is 7.67. The number of aryl methyl sites for hydroxylation is 1. The first kappa shape index (κ1) is 8.70. The maximum Gasteiger partial charge on any atom is 0.0467 e. The average Bonchev–Trinajstić information content (AvgIpc) is 2.46. The molecule has 2 heteroatoms. The number of H-pyrrole nitrogens is 1. The van der Waals surface area contributed by atoms with Gasteiger partial charge in [-0.05, 0) is 12.5 Å². The highest BCUT2D eigenvalue weighted by Crippen LogP contribution is 2.26. The van der Waals surface area contributed by atoms with Crippen LogP contribution in [0.1, 0.15) is 19.0 Å². The Labute approximate surface area is 83.6 Å². The number of fused-ring (bicyclic) bond motifs is 1. The Kier molecular flexibility index (Phi) is 2.32. The minimum absolute atomic E-state index is 1.08. The number of aromatic amines is 1. The molecule has 0 atom stereocenters. The van der Waals surface area contributed by atoms with Gasteiger partial charge in [-0.1, -0.05) is 31.5 Å². The van der Waals surface area contributed by atoms with Crippen LogP contribution < -0.4 is 0 Å². The molecule has 0 bridgehead atoms. The summed E-state index contributed by atoms with van der Waals surface area (Å²) in [6.07, 6.45) is 2.23. The molecule has 0 spiro atoms. The number of para-hydroxylation sites is 1. The molecule has 0 fully saturated rings. The number of benzene rings is 1. The van der Waals surface area contributed by atoms with Gasteiger partial charge >= 0.3 is 0 Å². The lowest BCUT2D eigenvalue weighted by molar-refractivity contribution is 0.877. The Morgan fingerprint density at radius 3 is 2.77 bits per heavy atom. The topological polar surface area (TPSA) is 15.8 Å². The molecule has 0 aliphatic rings. The number of hydrogen-bond acceptors (Lipinski definition) is 1. The maximum absolute atomic E-state index is 4.52. The third kappa shape index (κ3) is 1.46. The summed E-state index contributed by atoms with van der Waals surface area (Å²) in [6.45, 7) is 2.18. The van der Waals surface area contributed by atoms with Crippen LogP contribution in [0.3, 0.4) is 0 Å². The molecule has 1 nitrogen and oxygen atoms in total. The molecule has 1 aromatic heterocycles. The van der Waals surface area contributed by atoms with E-state index in [0.29, 0.717) is 0 Å². The van der Waals surface area contributed by atoms with Gasteiger partial charge in [0.25, 0.3) is 0 Å². The highest BCUT2D eigenvalue weighted by Gasteiger charge is 2.05. The summed E-state index contributed by atoms with van der Waals surface area (Å²) in [5, 5.41) is 1.23. The number of rotatable bonds is 2. The molecule has 1 N–H and O–H groups in total. The molecule has 68 valence electrons. The molecule has 13 heavy (non-hydrogen) atoms. The fourth-order valence-corrected chi connectivity index (χ4v) is 1.98. The molecule has 1 aromatic carbocycles. The van der Waals surface area contributed by atoms with Crippen molar-refractivity contribution in [3.63, 3.8) is 0 Å². The van der Waals surface area contributed by atoms with Crippen molar-refractivity contribution >= 4 is 23.5 Å². The van der Waals surface area contributed by atoms with Gasteiger partial charge in [0.2, 0.25) is 0 Å². The average molecular weight is 191 g/mol. The molecule has 2 aromatic rings. The van der Waals surface area contributed by atoms with E-state index in [9.17, 15) is 0 Å².